The quantitative estimate of drug-likeness (QED) is 0.870. The third-order valence-electron chi connectivity index (χ3n) is 3.44. The number of nitrogens with one attached hydrogen (secondary N) is 1. The van der Waals surface area contributed by atoms with E-state index in [9.17, 15) is 8.42 Å². The summed E-state index contributed by atoms with van der Waals surface area (Å²) in [6.45, 7) is 0. The molecule has 0 unspecified atom stereocenters. The van der Waals surface area contributed by atoms with Crippen molar-refractivity contribution in [2.24, 2.45) is 0 Å². The minimum atomic E-state index is -3.53. The van der Waals surface area contributed by atoms with Crippen molar-refractivity contribution in [3.8, 4) is 0 Å². The summed E-state index contributed by atoms with van der Waals surface area (Å²) >= 11 is 5.67. The van der Waals surface area contributed by atoms with Gasteiger partial charge in [0.25, 0.3) is 0 Å². The van der Waals surface area contributed by atoms with Crippen molar-refractivity contribution < 1.29 is 8.42 Å². The molecule has 1 fully saturated rings. The maximum Gasteiger partial charge on any atom is 0.301 e. The molecule has 1 aromatic heterocycles. The molecule has 1 heterocycles. The van der Waals surface area contributed by atoms with Crippen molar-refractivity contribution in [2.75, 3.05) is 11.8 Å². The zero-order valence-electron chi connectivity index (χ0n) is 10.8. The molecule has 5 nitrogen and oxygen atoms in total. The van der Waals surface area contributed by atoms with Crippen LogP contribution in [-0.4, -0.2) is 30.8 Å². The van der Waals surface area contributed by atoms with Gasteiger partial charge in [-0.2, -0.15) is 12.7 Å². The van der Waals surface area contributed by atoms with E-state index in [2.05, 4.69) is 9.71 Å². The highest BCUT2D eigenvalue weighted by molar-refractivity contribution is 7.90. The molecule has 2 rings (SSSR count). The molecule has 0 atom stereocenters. The normalized spacial score (nSPS) is 17.6. The molecular weight excluding hydrogens is 286 g/mol. The predicted molar refractivity (Wildman–Crippen MR) is 76.4 cm³/mol. The van der Waals surface area contributed by atoms with E-state index in [1.807, 2.05) is 0 Å². The van der Waals surface area contributed by atoms with Crippen LogP contribution in [0.2, 0.25) is 5.15 Å². The first-order chi connectivity index (χ1) is 8.99. The van der Waals surface area contributed by atoms with Crippen LogP contribution >= 0.6 is 11.6 Å². The van der Waals surface area contributed by atoms with Crippen molar-refractivity contribution >= 4 is 27.5 Å². The maximum absolute atomic E-state index is 12.2. The highest BCUT2D eigenvalue weighted by Gasteiger charge is 2.27. The van der Waals surface area contributed by atoms with E-state index < -0.39 is 10.2 Å². The van der Waals surface area contributed by atoms with Crippen molar-refractivity contribution in [3.05, 3.63) is 23.5 Å². The number of halogens is 1. The smallest absolute Gasteiger partial charge is 0.269 e. The first kappa shape index (κ1) is 14.6. The molecule has 0 radical (unpaired) electrons. The van der Waals surface area contributed by atoms with Crippen LogP contribution in [0.3, 0.4) is 0 Å². The highest BCUT2D eigenvalue weighted by atomic mass is 35.5. The van der Waals surface area contributed by atoms with Crippen LogP contribution in [0, 0.1) is 0 Å². The molecule has 19 heavy (non-hydrogen) atoms. The lowest BCUT2D eigenvalue weighted by Gasteiger charge is -2.30. The number of anilines is 1. The van der Waals surface area contributed by atoms with Gasteiger partial charge in [-0.05, 0) is 25.0 Å². The lowest BCUT2D eigenvalue weighted by molar-refractivity contribution is 0.287. The van der Waals surface area contributed by atoms with Crippen LogP contribution in [-0.2, 0) is 10.2 Å². The number of hydrogen-bond acceptors (Lipinski definition) is 3. The van der Waals surface area contributed by atoms with Crippen LogP contribution < -0.4 is 4.72 Å². The lowest BCUT2D eigenvalue weighted by atomic mass is 9.96. The summed E-state index contributed by atoms with van der Waals surface area (Å²) in [7, 11) is -1.90. The summed E-state index contributed by atoms with van der Waals surface area (Å²) < 4.78 is 28.4. The second-order valence-corrected chi connectivity index (χ2v) is 6.90. The molecule has 1 N–H and O–H groups in total. The summed E-state index contributed by atoms with van der Waals surface area (Å²) in [5.41, 5.74) is 0.423. The minimum absolute atomic E-state index is 0.0894. The molecule has 0 aromatic carbocycles. The Morgan fingerprint density at radius 3 is 2.58 bits per heavy atom. The van der Waals surface area contributed by atoms with Gasteiger partial charge in [0.1, 0.15) is 5.15 Å². The van der Waals surface area contributed by atoms with Gasteiger partial charge in [-0.3, -0.25) is 4.72 Å². The van der Waals surface area contributed by atoms with Crippen LogP contribution in [0.4, 0.5) is 5.69 Å². The molecule has 106 valence electrons. The Hall–Kier alpha value is -0.850. The van der Waals surface area contributed by atoms with Gasteiger partial charge in [-0.15, -0.1) is 0 Å². The van der Waals surface area contributed by atoms with E-state index in [0.717, 1.165) is 25.7 Å². The number of pyridine rings is 1. The van der Waals surface area contributed by atoms with E-state index in [0.29, 0.717) is 10.8 Å². The molecule has 1 aromatic rings. The van der Waals surface area contributed by atoms with Gasteiger partial charge in [0.15, 0.2) is 0 Å². The van der Waals surface area contributed by atoms with Crippen LogP contribution in [0.15, 0.2) is 18.3 Å². The zero-order valence-corrected chi connectivity index (χ0v) is 12.4. The first-order valence-corrected chi connectivity index (χ1v) is 8.18. The van der Waals surface area contributed by atoms with E-state index >= 15 is 0 Å². The van der Waals surface area contributed by atoms with Crippen molar-refractivity contribution in [2.45, 2.75) is 38.1 Å². The predicted octanol–water partition coefficient (Wildman–Crippen LogP) is 2.66. The third kappa shape index (κ3) is 3.81. The van der Waals surface area contributed by atoms with Gasteiger partial charge in [0.05, 0.1) is 11.9 Å². The fraction of sp³-hybridized carbons (Fsp3) is 0.583. The summed E-state index contributed by atoms with van der Waals surface area (Å²) in [6.07, 6.45) is 6.64. The van der Waals surface area contributed by atoms with Gasteiger partial charge >= 0.3 is 10.2 Å². The van der Waals surface area contributed by atoms with Crippen molar-refractivity contribution in [1.82, 2.24) is 9.29 Å². The van der Waals surface area contributed by atoms with Gasteiger partial charge < -0.3 is 0 Å². The second-order valence-electron chi connectivity index (χ2n) is 4.78. The highest BCUT2D eigenvalue weighted by Crippen LogP contribution is 2.24. The standard InChI is InChI=1S/C12H18ClN3O2S/c1-16(11-5-3-2-4-6-11)19(17,18)15-10-7-8-12(13)14-9-10/h7-9,11,15H,2-6H2,1H3. The fourth-order valence-electron chi connectivity index (χ4n) is 2.30. The largest absolute Gasteiger partial charge is 0.301 e. The summed E-state index contributed by atoms with van der Waals surface area (Å²) in [4.78, 5) is 3.86. The fourth-order valence-corrected chi connectivity index (χ4v) is 3.58. The number of aromatic nitrogens is 1. The van der Waals surface area contributed by atoms with E-state index in [1.165, 1.54) is 16.9 Å². The Labute approximate surface area is 119 Å². The molecule has 1 aliphatic rings. The first-order valence-electron chi connectivity index (χ1n) is 6.36. The average Bonchev–Trinajstić information content (AvgIpc) is 2.41. The van der Waals surface area contributed by atoms with E-state index in [1.54, 1.807) is 19.2 Å². The Morgan fingerprint density at radius 2 is 2.00 bits per heavy atom. The monoisotopic (exact) mass is 303 g/mol. The summed E-state index contributed by atoms with van der Waals surface area (Å²) in [5, 5.41) is 0.337. The topological polar surface area (TPSA) is 62.3 Å². The van der Waals surface area contributed by atoms with E-state index in [-0.39, 0.29) is 6.04 Å². The molecule has 0 aliphatic heterocycles. The van der Waals surface area contributed by atoms with Crippen LogP contribution in [0.25, 0.3) is 0 Å². The number of rotatable bonds is 4. The molecule has 1 saturated carbocycles. The average molecular weight is 304 g/mol. The molecule has 0 spiro atoms. The van der Waals surface area contributed by atoms with Gasteiger partial charge in [-0.1, -0.05) is 30.9 Å². The lowest BCUT2D eigenvalue weighted by Crippen LogP contribution is -2.41. The molecule has 0 amide bonds. The number of nitrogens with zero attached hydrogens (tertiary/aromatic N) is 2. The molecule has 0 saturated heterocycles. The summed E-state index contributed by atoms with van der Waals surface area (Å²) in [5.74, 6) is 0. The van der Waals surface area contributed by atoms with Crippen LogP contribution in [0.5, 0.6) is 0 Å². The molecule has 0 bridgehead atoms. The Balaban J connectivity index is 2.06. The SMILES string of the molecule is CN(C1CCCCC1)S(=O)(=O)Nc1ccc(Cl)nc1. The second kappa shape index (κ2) is 6.07. The zero-order chi connectivity index (χ0) is 13.9. The Bertz CT molecular complexity index is 512. The van der Waals surface area contributed by atoms with Gasteiger partial charge in [0, 0.05) is 13.1 Å². The Kier molecular flexibility index (Phi) is 4.65. The van der Waals surface area contributed by atoms with Gasteiger partial charge in [-0.25, -0.2) is 4.98 Å². The minimum Gasteiger partial charge on any atom is -0.269 e. The van der Waals surface area contributed by atoms with E-state index in [4.69, 9.17) is 11.6 Å². The maximum atomic E-state index is 12.2. The molecule has 1 aliphatic carbocycles. The molecule has 7 heteroatoms. The van der Waals surface area contributed by atoms with Crippen molar-refractivity contribution in [1.29, 1.82) is 0 Å². The van der Waals surface area contributed by atoms with Crippen molar-refractivity contribution in [3.63, 3.8) is 0 Å². The number of hydrogen-bond donors (Lipinski definition) is 1. The third-order valence-corrected chi connectivity index (χ3v) is 5.22. The summed E-state index contributed by atoms with van der Waals surface area (Å²) in [6, 6.07) is 3.24. The molecular formula is C12H18ClN3O2S. The van der Waals surface area contributed by atoms with Crippen LogP contribution in [0.1, 0.15) is 32.1 Å². The Morgan fingerprint density at radius 1 is 1.32 bits per heavy atom. The van der Waals surface area contributed by atoms with Gasteiger partial charge in [0.2, 0.25) is 0 Å².